The highest BCUT2D eigenvalue weighted by Gasteiger charge is 2.28. The molecule has 14 rings (SSSR count). The van der Waals surface area contributed by atoms with Gasteiger partial charge in [0.25, 0.3) is 0 Å². The van der Waals surface area contributed by atoms with Crippen molar-refractivity contribution < 1.29 is 0 Å². The number of benzene rings is 12. The molecular weight excluding hydrogens is 915 g/mol. The third kappa shape index (κ3) is 7.51. The van der Waals surface area contributed by atoms with E-state index in [1.165, 1.54) is 59.6 Å². The zero-order chi connectivity index (χ0) is 49.0. The van der Waals surface area contributed by atoms with Crippen LogP contribution < -0.4 is 9.80 Å². The highest BCUT2D eigenvalue weighted by atomic mass is 32.1. The van der Waals surface area contributed by atoms with Crippen molar-refractivity contribution in [3.05, 3.63) is 285 Å². The number of fused-ring (bicyclic) bond motifs is 5. The molecule has 12 aromatic carbocycles. The van der Waals surface area contributed by atoms with Crippen LogP contribution in [0.1, 0.15) is 0 Å². The lowest BCUT2D eigenvalue weighted by atomic mass is 9.96. The van der Waals surface area contributed by atoms with E-state index in [0.717, 1.165) is 66.3 Å². The van der Waals surface area contributed by atoms with Crippen molar-refractivity contribution in [2.75, 3.05) is 9.80 Å². The first-order chi connectivity index (χ1) is 36.7. The maximum Gasteiger partial charge on any atom is 0.110 e. The summed E-state index contributed by atoms with van der Waals surface area (Å²) >= 11 is 1.83. The number of rotatable bonds is 10. The zero-order valence-corrected chi connectivity index (χ0v) is 41.2. The monoisotopic (exact) mass is 961 g/mol. The smallest absolute Gasteiger partial charge is 0.110 e. The molecule has 0 aliphatic rings. The van der Waals surface area contributed by atoms with Gasteiger partial charge in [0, 0.05) is 44.3 Å². The summed E-state index contributed by atoms with van der Waals surface area (Å²) in [7, 11) is 0. The van der Waals surface area contributed by atoms with Gasteiger partial charge in [-0.1, -0.05) is 230 Å². The van der Waals surface area contributed by atoms with Gasteiger partial charge in [-0.15, -0.1) is 0 Å². The summed E-state index contributed by atoms with van der Waals surface area (Å²) in [5.41, 5.74) is 13.6. The summed E-state index contributed by atoms with van der Waals surface area (Å²) in [6.07, 6.45) is 0. The molecule has 0 N–H and O–H groups in total. The van der Waals surface area contributed by atoms with Gasteiger partial charge in [0.05, 0.1) is 22.6 Å². The highest BCUT2D eigenvalue weighted by molar-refractivity contribution is 7.21. The molecule has 0 spiro atoms. The molecule has 74 heavy (non-hydrogen) atoms. The topological polar surface area (TPSA) is 11.4 Å². The Balaban J connectivity index is 1.10. The van der Waals surface area contributed by atoms with Crippen molar-refractivity contribution in [1.29, 1.82) is 0 Å². The SMILES string of the molecule is c1ccc(-c2c(-c3ccccc3)n(-c3ccccc3)c3ccc(-c4cc(N(c5ccc6ccccc6c5)c5cccc6ccccc56)sc4N(c4ccc5ccccc5c4)c4cccc5ccccc45)cc23)cc1. The van der Waals surface area contributed by atoms with Crippen molar-refractivity contribution in [2.45, 2.75) is 0 Å². The van der Waals surface area contributed by atoms with Gasteiger partial charge in [-0.25, -0.2) is 0 Å². The van der Waals surface area contributed by atoms with Crippen LogP contribution >= 0.6 is 11.3 Å². The van der Waals surface area contributed by atoms with E-state index in [2.05, 4.69) is 299 Å². The Kier molecular flexibility index (Phi) is 10.7. The van der Waals surface area contributed by atoms with Crippen LogP contribution in [-0.4, -0.2) is 4.57 Å². The molecule has 14 aromatic rings. The molecule has 0 saturated carbocycles. The number of aromatic nitrogens is 1. The lowest BCUT2D eigenvalue weighted by Gasteiger charge is -2.28. The van der Waals surface area contributed by atoms with E-state index in [-0.39, 0.29) is 0 Å². The minimum absolute atomic E-state index is 1.09. The normalized spacial score (nSPS) is 11.5. The molecule has 3 nitrogen and oxygen atoms in total. The third-order valence-electron chi connectivity index (χ3n) is 14.5. The molecule has 2 heterocycles. The van der Waals surface area contributed by atoms with Crippen LogP contribution in [0.3, 0.4) is 0 Å². The number of thiophene rings is 1. The van der Waals surface area contributed by atoms with Crippen LogP contribution in [0.15, 0.2) is 285 Å². The van der Waals surface area contributed by atoms with E-state index in [1.807, 2.05) is 11.3 Å². The number of hydrogen-bond donors (Lipinski definition) is 0. The van der Waals surface area contributed by atoms with E-state index < -0.39 is 0 Å². The second-order valence-electron chi connectivity index (χ2n) is 18.9. The first-order valence-corrected chi connectivity index (χ1v) is 26.1. The van der Waals surface area contributed by atoms with E-state index in [9.17, 15) is 0 Å². The second kappa shape index (κ2) is 18.3. The predicted molar refractivity (Wildman–Crippen MR) is 317 cm³/mol. The summed E-state index contributed by atoms with van der Waals surface area (Å²) in [5.74, 6) is 0. The Labute approximate surface area is 434 Å². The van der Waals surface area contributed by atoms with Crippen LogP contribution in [0.4, 0.5) is 32.8 Å². The first kappa shape index (κ1) is 43.3. The largest absolute Gasteiger partial charge is 0.309 e. The molecule has 348 valence electrons. The van der Waals surface area contributed by atoms with Gasteiger partial charge in [-0.3, -0.25) is 0 Å². The van der Waals surface area contributed by atoms with Crippen molar-refractivity contribution in [2.24, 2.45) is 0 Å². The zero-order valence-electron chi connectivity index (χ0n) is 40.4. The second-order valence-corrected chi connectivity index (χ2v) is 19.9. The summed E-state index contributed by atoms with van der Waals surface area (Å²) in [6, 6.07) is 104. The Morgan fingerprint density at radius 2 is 0.797 bits per heavy atom. The predicted octanol–water partition coefficient (Wildman–Crippen LogP) is 20.2. The molecule has 0 atom stereocenters. The molecule has 0 amide bonds. The van der Waals surface area contributed by atoms with Crippen molar-refractivity contribution >= 4 is 98.1 Å². The molecular formula is C70H47N3S. The molecule has 0 aliphatic carbocycles. The molecule has 0 radical (unpaired) electrons. The molecule has 0 saturated heterocycles. The summed E-state index contributed by atoms with van der Waals surface area (Å²) < 4.78 is 2.45. The first-order valence-electron chi connectivity index (χ1n) is 25.2. The summed E-state index contributed by atoms with van der Waals surface area (Å²) in [4.78, 5) is 5.01. The van der Waals surface area contributed by atoms with Crippen LogP contribution in [0.2, 0.25) is 0 Å². The van der Waals surface area contributed by atoms with Gasteiger partial charge in [-0.2, -0.15) is 0 Å². The average Bonchev–Trinajstić information content (AvgIpc) is 4.06. The van der Waals surface area contributed by atoms with E-state index in [1.54, 1.807) is 0 Å². The highest BCUT2D eigenvalue weighted by Crippen LogP contribution is 2.55. The Bertz CT molecular complexity index is 4370. The number of para-hydroxylation sites is 1. The van der Waals surface area contributed by atoms with Gasteiger partial charge >= 0.3 is 0 Å². The molecule has 0 bridgehead atoms. The molecule has 4 heteroatoms. The van der Waals surface area contributed by atoms with E-state index >= 15 is 0 Å². The van der Waals surface area contributed by atoms with Gasteiger partial charge in [-0.05, 0) is 116 Å². The fourth-order valence-corrected chi connectivity index (χ4v) is 12.4. The lowest BCUT2D eigenvalue weighted by molar-refractivity contribution is 1.13. The Morgan fingerprint density at radius 3 is 1.41 bits per heavy atom. The molecule has 0 aliphatic heterocycles. The standard InChI is InChI=1S/C70H47N3S/c1-4-24-52(25-5-1)68-63-46-56(40-43-66(63)72(57-32-8-3-9-33-57)69(68)53-26-6-2-7-27-53)62-47-67(71(58-41-38-48-20-10-12-28-54(48)44-58)64-36-18-30-50-22-14-16-34-60(50)64)74-70(62)73(59-42-39-49-21-11-13-29-55(49)45-59)65-37-19-31-51-23-15-17-35-61(51)65/h1-47H. The average molecular weight is 962 g/mol. The maximum absolute atomic E-state index is 2.52. The van der Waals surface area contributed by atoms with Crippen LogP contribution in [-0.2, 0) is 0 Å². The number of anilines is 6. The van der Waals surface area contributed by atoms with Crippen LogP contribution in [0.5, 0.6) is 0 Å². The maximum atomic E-state index is 2.52. The molecule has 2 aromatic heterocycles. The fraction of sp³-hybridized carbons (Fsp3) is 0. The quantitative estimate of drug-likeness (QED) is 0.135. The van der Waals surface area contributed by atoms with Gasteiger partial charge < -0.3 is 14.4 Å². The summed E-state index contributed by atoms with van der Waals surface area (Å²) in [6.45, 7) is 0. The van der Waals surface area contributed by atoms with Gasteiger partial charge in [0.15, 0.2) is 0 Å². The van der Waals surface area contributed by atoms with Gasteiger partial charge in [0.1, 0.15) is 10.0 Å². The minimum Gasteiger partial charge on any atom is -0.309 e. The summed E-state index contributed by atoms with van der Waals surface area (Å²) in [5, 5.41) is 12.9. The van der Waals surface area contributed by atoms with Crippen molar-refractivity contribution in [3.63, 3.8) is 0 Å². The lowest BCUT2D eigenvalue weighted by Crippen LogP contribution is -2.10. The van der Waals surface area contributed by atoms with Crippen molar-refractivity contribution in [1.82, 2.24) is 4.57 Å². The van der Waals surface area contributed by atoms with E-state index in [0.29, 0.717) is 0 Å². The Hall–Kier alpha value is -9.48. The van der Waals surface area contributed by atoms with Gasteiger partial charge in [0.2, 0.25) is 0 Å². The van der Waals surface area contributed by atoms with Crippen LogP contribution in [0, 0.1) is 0 Å². The van der Waals surface area contributed by atoms with Crippen LogP contribution in [0.25, 0.3) is 93.2 Å². The molecule has 0 fully saturated rings. The minimum atomic E-state index is 1.09. The third-order valence-corrected chi connectivity index (χ3v) is 15.6. The number of hydrogen-bond acceptors (Lipinski definition) is 3. The van der Waals surface area contributed by atoms with Crippen molar-refractivity contribution in [3.8, 4) is 39.2 Å². The van der Waals surface area contributed by atoms with E-state index in [4.69, 9.17) is 0 Å². The fourth-order valence-electron chi connectivity index (χ4n) is 11.1. The Morgan fingerprint density at radius 1 is 0.311 bits per heavy atom. The molecule has 0 unspecified atom stereocenters. The number of nitrogens with zero attached hydrogens (tertiary/aromatic N) is 3.